The van der Waals surface area contributed by atoms with Gasteiger partial charge in [0.25, 0.3) is 0 Å². The zero-order valence-electron chi connectivity index (χ0n) is 11.5. The van der Waals surface area contributed by atoms with Gasteiger partial charge in [0.1, 0.15) is 0 Å². The summed E-state index contributed by atoms with van der Waals surface area (Å²) in [5.74, 6) is 1.63. The molecule has 0 N–H and O–H groups in total. The van der Waals surface area contributed by atoms with E-state index in [0.29, 0.717) is 6.79 Å². The van der Waals surface area contributed by atoms with Crippen LogP contribution in [0.5, 0.6) is 11.5 Å². The Kier molecular flexibility index (Phi) is 5.52. The standard InChI is InChI=1S/C15H21BrO3/c1-3-4-5-8-17-15(11(2)16)12-6-7-13-14(9-12)19-10-18-13/h6-7,9,11,15H,3-5,8,10H2,1-2H3/t11-,15+/m1/s1. The molecule has 3 nitrogen and oxygen atoms in total. The van der Waals surface area contributed by atoms with E-state index in [1.54, 1.807) is 0 Å². The number of halogens is 1. The van der Waals surface area contributed by atoms with E-state index in [1.165, 1.54) is 12.8 Å². The number of ether oxygens (including phenoxy) is 3. The SMILES string of the molecule is CCCCCO[C@H](c1ccc2c(c1)OCO2)[C@@H](C)Br. The Bertz CT molecular complexity index is 406. The molecule has 0 aliphatic carbocycles. The van der Waals surface area contributed by atoms with Gasteiger partial charge in [-0.05, 0) is 31.0 Å². The molecule has 19 heavy (non-hydrogen) atoms. The maximum Gasteiger partial charge on any atom is 0.231 e. The van der Waals surface area contributed by atoms with Gasteiger partial charge in [0.05, 0.1) is 6.10 Å². The van der Waals surface area contributed by atoms with Crippen molar-refractivity contribution in [1.29, 1.82) is 0 Å². The number of alkyl halides is 1. The Morgan fingerprint density at radius 2 is 2.05 bits per heavy atom. The van der Waals surface area contributed by atoms with Crippen molar-refractivity contribution in [2.75, 3.05) is 13.4 Å². The molecule has 0 radical (unpaired) electrons. The van der Waals surface area contributed by atoms with Crippen LogP contribution in [0.2, 0.25) is 0 Å². The molecule has 0 amide bonds. The van der Waals surface area contributed by atoms with Crippen molar-refractivity contribution >= 4 is 15.9 Å². The minimum atomic E-state index is 0.0476. The van der Waals surface area contributed by atoms with E-state index in [4.69, 9.17) is 14.2 Å². The summed E-state index contributed by atoms with van der Waals surface area (Å²) in [7, 11) is 0. The first-order chi connectivity index (χ1) is 9.22. The van der Waals surface area contributed by atoms with Crippen molar-refractivity contribution in [3.05, 3.63) is 23.8 Å². The molecule has 0 fully saturated rings. The molecule has 0 saturated carbocycles. The van der Waals surface area contributed by atoms with Gasteiger partial charge in [-0.25, -0.2) is 0 Å². The van der Waals surface area contributed by atoms with E-state index in [2.05, 4.69) is 35.8 Å². The van der Waals surface area contributed by atoms with Gasteiger partial charge in [-0.2, -0.15) is 0 Å². The molecule has 1 aromatic carbocycles. The molecular weight excluding hydrogens is 308 g/mol. The second-order valence-corrected chi connectivity index (χ2v) is 6.23. The molecule has 4 heteroatoms. The van der Waals surface area contributed by atoms with Gasteiger partial charge in [-0.15, -0.1) is 0 Å². The molecule has 2 rings (SSSR count). The second-order valence-electron chi connectivity index (χ2n) is 4.79. The van der Waals surface area contributed by atoms with Crippen LogP contribution in [0.25, 0.3) is 0 Å². The van der Waals surface area contributed by atoms with Gasteiger partial charge in [0, 0.05) is 11.4 Å². The first kappa shape index (κ1) is 14.7. The minimum Gasteiger partial charge on any atom is -0.454 e. The summed E-state index contributed by atoms with van der Waals surface area (Å²) in [6.07, 6.45) is 3.58. The van der Waals surface area contributed by atoms with Gasteiger partial charge in [0.15, 0.2) is 11.5 Å². The Morgan fingerprint density at radius 3 is 2.79 bits per heavy atom. The number of benzene rings is 1. The molecule has 0 unspecified atom stereocenters. The second kappa shape index (κ2) is 7.15. The highest BCUT2D eigenvalue weighted by atomic mass is 79.9. The average molecular weight is 329 g/mol. The minimum absolute atomic E-state index is 0.0476. The monoisotopic (exact) mass is 328 g/mol. The number of hydrogen-bond donors (Lipinski definition) is 0. The molecule has 1 heterocycles. The molecular formula is C15H21BrO3. The predicted octanol–water partition coefficient (Wildman–Crippen LogP) is 4.45. The van der Waals surface area contributed by atoms with Crippen LogP contribution in [-0.4, -0.2) is 18.2 Å². The van der Waals surface area contributed by atoms with Crippen molar-refractivity contribution in [1.82, 2.24) is 0 Å². The van der Waals surface area contributed by atoms with Gasteiger partial charge < -0.3 is 14.2 Å². The Labute approximate surface area is 123 Å². The lowest BCUT2D eigenvalue weighted by Crippen LogP contribution is -2.14. The zero-order chi connectivity index (χ0) is 13.7. The number of rotatable bonds is 7. The fraction of sp³-hybridized carbons (Fsp3) is 0.600. The first-order valence-electron chi connectivity index (χ1n) is 6.87. The zero-order valence-corrected chi connectivity index (χ0v) is 13.1. The highest BCUT2D eigenvalue weighted by Crippen LogP contribution is 2.36. The van der Waals surface area contributed by atoms with Crippen LogP contribution in [0.15, 0.2) is 18.2 Å². The smallest absolute Gasteiger partial charge is 0.231 e. The largest absolute Gasteiger partial charge is 0.454 e. The van der Waals surface area contributed by atoms with E-state index >= 15 is 0 Å². The van der Waals surface area contributed by atoms with E-state index in [0.717, 1.165) is 30.1 Å². The van der Waals surface area contributed by atoms with Gasteiger partial charge in [0.2, 0.25) is 6.79 Å². The summed E-state index contributed by atoms with van der Waals surface area (Å²) >= 11 is 3.63. The fourth-order valence-corrected chi connectivity index (χ4v) is 2.60. The van der Waals surface area contributed by atoms with Crippen molar-refractivity contribution in [3.8, 4) is 11.5 Å². The lowest BCUT2D eigenvalue weighted by molar-refractivity contribution is 0.0523. The van der Waals surface area contributed by atoms with Gasteiger partial charge in [-0.3, -0.25) is 0 Å². The van der Waals surface area contributed by atoms with Crippen molar-refractivity contribution < 1.29 is 14.2 Å². The fourth-order valence-electron chi connectivity index (χ4n) is 2.15. The average Bonchev–Trinajstić information content (AvgIpc) is 2.85. The third-order valence-corrected chi connectivity index (χ3v) is 3.67. The topological polar surface area (TPSA) is 27.7 Å². The Hall–Kier alpha value is -0.740. The highest BCUT2D eigenvalue weighted by Gasteiger charge is 2.21. The highest BCUT2D eigenvalue weighted by molar-refractivity contribution is 9.09. The summed E-state index contributed by atoms with van der Waals surface area (Å²) in [5.41, 5.74) is 1.13. The van der Waals surface area contributed by atoms with E-state index in [1.807, 2.05) is 12.1 Å². The van der Waals surface area contributed by atoms with Crippen molar-refractivity contribution in [3.63, 3.8) is 0 Å². The molecule has 0 bridgehead atoms. The van der Waals surface area contributed by atoms with Crippen LogP contribution in [0.3, 0.4) is 0 Å². The summed E-state index contributed by atoms with van der Waals surface area (Å²) in [5, 5.41) is 0. The first-order valence-corrected chi connectivity index (χ1v) is 7.79. The van der Waals surface area contributed by atoms with Crippen molar-refractivity contribution in [2.45, 2.75) is 44.0 Å². The Balaban J connectivity index is 2.02. The molecule has 1 aliphatic heterocycles. The van der Waals surface area contributed by atoms with Crippen LogP contribution < -0.4 is 9.47 Å². The molecule has 1 aromatic rings. The quantitative estimate of drug-likeness (QED) is 0.546. The predicted molar refractivity (Wildman–Crippen MR) is 79.2 cm³/mol. The number of unbranched alkanes of at least 4 members (excludes halogenated alkanes) is 2. The maximum atomic E-state index is 6.01. The molecule has 0 saturated heterocycles. The Morgan fingerprint density at radius 1 is 1.26 bits per heavy atom. The van der Waals surface area contributed by atoms with Crippen LogP contribution in [0.1, 0.15) is 44.8 Å². The van der Waals surface area contributed by atoms with Crippen LogP contribution >= 0.6 is 15.9 Å². The van der Waals surface area contributed by atoms with Gasteiger partial charge in [-0.1, -0.05) is 41.8 Å². The lowest BCUT2D eigenvalue weighted by Gasteiger charge is -2.21. The van der Waals surface area contributed by atoms with E-state index in [-0.39, 0.29) is 10.9 Å². The van der Waals surface area contributed by atoms with Crippen molar-refractivity contribution in [2.24, 2.45) is 0 Å². The summed E-state index contributed by atoms with van der Waals surface area (Å²) in [6, 6.07) is 6.02. The molecule has 0 spiro atoms. The third-order valence-electron chi connectivity index (χ3n) is 3.19. The van der Waals surface area contributed by atoms with Crippen LogP contribution in [0, 0.1) is 0 Å². The van der Waals surface area contributed by atoms with Gasteiger partial charge >= 0.3 is 0 Å². The summed E-state index contributed by atoms with van der Waals surface area (Å²) < 4.78 is 16.8. The molecule has 106 valence electrons. The lowest BCUT2D eigenvalue weighted by atomic mass is 10.1. The molecule has 2 atom stereocenters. The maximum absolute atomic E-state index is 6.01. The summed E-state index contributed by atoms with van der Waals surface area (Å²) in [6.45, 7) is 5.41. The van der Waals surface area contributed by atoms with E-state index < -0.39 is 0 Å². The molecule has 1 aliphatic rings. The molecule has 0 aromatic heterocycles. The summed E-state index contributed by atoms with van der Waals surface area (Å²) in [4.78, 5) is 0.259. The number of fused-ring (bicyclic) bond motifs is 1. The van der Waals surface area contributed by atoms with Crippen LogP contribution in [-0.2, 0) is 4.74 Å². The normalized spacial score (nSPS) is 16.4. The number of hydrogen-bond acceptors (Lipinski definition) is 3. The van der Waals surface area contributed by atoms with Crippen LogP contribution in [0.4, 0.5) is 0 Å². The third kappa shape index (κ3) is 3.86. The van der Waals surface area contributed by atoms with E-state index in [9.17, 15) is 0 Å².